The number of hydrogen-bond acceptors (Lipinski definition) is 4. The summed E-state index contributed by atoms with van der Waals surface area (Å²) in [5, 5.41) is 5.44. The van der Waals surface area contributed by atoms with Crippen LogP contribution in [0.15, 0.2) is 54.6 Å². The second kappa shape index (κ2) is 7.81. The lowest BCUT2D eigenvalue weighted by Gasteiger charge is -2.20. The maximum absolute atomic E-state index is 12.8. The highest BCUT2D eigenvalue weighted by atomic mass is 31.2. The molecule has 1 unspecified atom stereocenters. The summed E-state index contributed by atoms with van der Waals surface area (Å²) in [6.45, 7) is 3.40. The first kappa shape index (κ1) is 17.1. The maximum Gasteiger partial charge on any atom is 0.486 e. The number of rotatable bonds is 7. The monoisotopic (exact) mass is 334 g/mol. The molecule has 0 saturated carbocycles. The zero-order chi connectivity index (χ0) is 16.7. The van der Waals surface area contributed by atoms with Crippen molar-refractivity contribution in [2.45, 2.75) is 13.8 Å². The average molecular weight is 334 g/mol. The Morgan fingerprint density at radius 2 is 1.70 bits per heavy atom. The van der Waals surface area contributed by atoms with Crippen molar-refractivity contribution >= 4 is 25.0 Å². The number of carbonyl (C=O) groups is 1. The number of carbonyl (C=O) groups excluding carboxylic acids is 1. The Balaban J connectivity index is 2.12. The highest BCUT2D eigenvalue weighted by molar-refractivity contribution is 7.55. The lowest BCUT2D eigenvalue weighted by molar-refractivity contribution is -0.114. The van der Waals surface area contributed by atoms with Gasteiger partial charge in [0.25, 0.3) is 0 Å². The van der Waals surface area contributed by atoms with E-state index in [9.17, 15) is 9.36 Å². The summed E-state index contributed by atoms with van der Waals surface area (Å²) < 4.78 is 23.6. The van der Waals surface area contributed by atoms with Gasteiger partial charge in [-0.2, -0.15) is 0 Å². The van der Waals surface area contributed by atoms with Crippen LogP contribution in [0.3, 0.4) is 0 Å². The largest absolute Gasteiger partial charge is 0.486 e. The first-order chi connectivity index (χ1) is 11.0. The molecule has 7 heteroatoms. The van der Waals surface area contributed by atoms with Crippen LogP contribution in [-0.2, 0) is 13.9 Å². The van der Waals surface area contributed by atoms with Crippen LogP contribution in [0.25, 0.3) is 0 Å². The molecular formula is C16H19N2O4P. The number of anilines is 2. The summed E-state index contributed by atoms with van der Waals surface area (Å²) in [6.07, 6.45) is 0. The molecule has 2 aromatic carbocycles. The molecule has 1 amide bonds. The molecule has 0 spiro atoms. The summed E-state index contributed by atoms with van der Waals surface area (Å²) in [6, 6.07) is 15.6. The van der Waals surface area contributed by atoms with Gasteiger partial charge in [0, 0.05) is 18.3 Å². The molecule has 1 atom stereocenters. The number of benzene rings is 2. The molecule has 0 fully saturated rings. The zero-order valence-corrected chi connectivity index (χ0v) is 13.9. The number of hydrogen-bond donors (Lipinski definition) is 2. The predicted octanol–water partition coefficient (Wildman–Crippen LogP) is 4.28. The Bertz CT molecular complexity index is 689. The summed E-state index contributed by atoms with van der Waals surface area (Å²) in [4.78, 5) is 11.0. The second-order valence-electron chi connectivity index (χ2n) is 4.69. The fourth-order valence-electron chi connectivity index (χ4n) is 1.86. The Morgan fingerprint density at radius 1 is 1.04 bits per heavy atom. The van der Waals surface area contributed by atoms with Crippen molar-refractivity contribution in [1.82, 2.24) is 0 Å². The Hall–Kier alpha value is -2.30. The van der Waals surface area contributed by atoms with Gasteiger partial charge in [0.15, 0.2) is 0 Å². The minimum absolute atomic E-state index is 0.163. The molecule has 2 N–H and O–H groups in total. The van der Waals surface area contributed by atoms with Gasteiger partial charge in [-0.25, -0.2) is 4.57 Å². The molecule has 6 nitrogen and oxygen atoms in total. The second-order valence-corrected chi connectivity index (χ2v) is 6.35. The van der Waals surface area contributed by atoms with Crippen molar-refractivity contribution in [1.29, 1.82) is 0 Å². The smallest absolute Gasteiger partial charge is 0.409 e. The molecule has 122 valence electrons. The van der Waals surface area contributed by atoms with Gasteiger partial charge >= 0.3 is 7.75 Å². The Morgan fingerprint density at radius 3 is 2.26 bits per heavy atom. The summed E-state index contributed by atoms with van der Waals surface area (Å²) in [7, 11) is -3.54. The summed E-state index contributed by atoms with van der Waals surface area (Å²) in [5.41, 5.74) is 1.27. The van der Waals surface area contributed by atoms with E-state index in [1.165, 1.54) is 6.92 Å². The number of nitrogens with one attached hydrogen (secondary N) is 2. The van der Waals surface area contributed by atoms with Crippen molar-refractivity contribution in [3.8, 4) is 5.75 Å². The molecule has 0 aliphatic heterocycles. The van der Waals surface area contributed by atoms with Crippen LogP contribution < -0.4 is 14.9 Å². The van der Waals surface area contributed by atoms with E-state index in [0.717, 1.165) is 0 Å². The minimum Gasteiger partial charge on any atom is -0.409 e. The molecule has 23 heavy (non-hydrogen) atoms. The van der Waals surface area contributed by atoms with Crippen molar-refractivity contribution in [3.05, 3.63) is 54.6 Å². The van der Waals surface area contributed by atoms with Gasteiger partial charge in [0.2, 0.25) is 5.91 Å². The number of amides is 1. The Labute approximate surface area is 135 Å². The van der Waals surface area contributed by atoms with Gasteiger partial charge in [0.05, 0.1) is 6.61 Å². The molecule has 0 heterocycles. The SMILES string of the molecule is CCOP(=O)(Nc1ccccc1)Oc1ccc(NC(C)=O)cc1. The third-order valence-electron chi connectivity index (χ3n) is 2.74. The third kappa shape index (κ3) is 5.43. The molecule has 2 rings (SSSR count). The van der Waals surface area contributed by atoms with Crippen LogP contribution in [0, 0.1) is 0 Å². The van der Waals surface area contributed by atoms with Gasteiger partial charge in [0.1, 0.15) is 5.75 Å². The van der Waals surface area contributed by atoms with E-state index in [-0.39, 0.29) is 12.5 Å². The van der Waals surface area contributed by atoms with E-state index in [1.807, 2.05) is 18.2 Å². The van der Waals surface area contributed by atoms with Crippen molar-refractivity contribution < 1.29 is 18.4 Å². The van der Waals surface area contributed by atoms with Gasteiger partial charge in [-0.15, -0.1) is 0 Å². The fraction of sp³-hybridized carbons (Fsp3) is 0.188. The Kier molecular flexibility index (Phi) is 5.79. The zero-order valence-electron chi connectivity index (χ0n) is 13.0. The third-order valence-corrected chi connectivity index (χ3v) is 4.32. The standard InChI is InChI=1S/C16H19N2O4P/c1-3-21-23(20,18-15-7-5-4-6-8-15)22-16-11-9-14(10-12-16)17-13(2)19/h4-12H,3H2,1-2H3,(H,17,19)(H,18,20). The molecule has 0 bridgehead atoms. The van der Waals surface area contributed by atoms with E-state index >= 15 is 0 Å². The topological polar surface area (TPSA) is 76.7 Å². The normalized spacial score (nSPS) is 13.0. The average Bonchev–Trinajstić information content (AvgIpc) is 2.50. The highest BCUT2D eigenvalue weighted by Gasteiger charge is 2.26. The molecule has 0 aliphatic carbocycles. The van der Waals surface area contributed by atoms with Crippen molar-refractivity contribution in [2.24, 2.45) is 0 Å². The van der Waals surface area contributed by atoms with Crippen LogP contribution >= 0.6 is 7.75 Å². The lowest BCUT2D eigenvalue weighted by Crippen LogP contribution is -2.08. The first-order valence-corrected chi connectivity index (χ1v) is 8.70. The van der Waals surface area contributed by atoms with Crippen LogP contribution in [0.5, 0.6) is 5.75 Å². The fourth-order valence-corrected chi connectivity index (χ4v) is 3.23. The number of para-hydroxylation sites is 1. The van der Waals surface area contributed by atoms with Gasteiger partial charge in [-0.05, 0) is 43.3 Å². The van der Waals surface area contributed by atoms with Gasteiger partial charge in [-0.1, -0.05) is 18.2 Å². The lowest BCUT2D eigenvalue weighted by atomic mass is 10.3. The summed E-state index contributed by atoms with van der Waals surface area (Å²) in [5.74, 6) is 0.212. The van der Waals surface area contributed by atoms with E-state index < -0.39 is 7.75 Å². The van der Waals surface area contributed by atoms with Crippen LogP contribution in [0.2, 0.25) is 0 Å². The van der Waals surface area contributed by atoms with Gasteiger partial charge < -0.3 is 9.84 Å². The van der Waals surface area contributed by atoms with Crippen molar-refractivity contribution in [2.75, 3.05) is 17.0 Å². The molecule has 0 saturated heterocycles. The van der Waals surface area contributed by atoms with Crippen LogP contribution in [-0.4, -0.2) is 12.5 Å². The predicted molar refractivity (Wildman–Crippen MR) is 90.7 cm³/mol. The molecular weight excluding hydrogens is 315 g/mol. The molecule has 0 radical (unpaired) electrons. The molecule has 0 aliphatic rings. The summed E-state index contributed by atoms with van der Waals surface area (Å²) >= 11 is 0. The van der Waals surface area contributed by atoms with Crippen molar-refractivity contribution in [3.63, 3.8) is 0 Å². The van der Waals surface area contributed by atoms with Crippen LogP contribution in [0.1, 0.15) is 13.8 Å². The van der Waals surface area contributed by atoms with Crippen LogP contribution in [0.4, 0.5) is 11.4 Å². The van der Waals surface area contributed by atoms with E-state index in [2.05, 4.69) is 10.4 Å². The van der Waals surface area contributed by atoms with E-state index in [1.54, 1.807) is 43.3 Å². The highest BCUT2D eigenvalue weighted by Crippen LogP contribution is 2.48. The van der Waals surface area contributed by atoms with E-state index in [0.29, 0.717) is 17.1 Å². The maximum atomic E-state index is 12.8. The first-order valence-electron chi connectivity index (χ1n) is 7.16. The minimum atomic E-state index is -3.54. The quantitative estimate of drug-likeness (QED) is 0.739. The molecule has 2 aromatic rings. The van der Waals surface area contributed by atoms with E-state index in [4.69, 9.17) is 9.05 Å². The van der Waals surface area contributed by atoms with Gasteiger partial charge in [-0.3, -0.25) is 14.4 Å². The molecule has 0 aromatic heterocycles.